The summed E-state index contributed by atoms with van der Waals surface area (Å²) in [5.41, 5.74) is 1.00. The fourth-order valence-corrected chi connectivity index (χ4v) is 3.57. The first-order chi connectivity index (χ1) is 14.4. The lowest BCUT2D eigenvalue weighted by molar-refractivity contribution is -0.383. The number of hydrogen-bond donors (Lipinski definition) is 1. The van der Waals surface area contributed by atoms with Gasteiger partial charge in [0.25, 0.3) is 5.06 Å². The fourth-order valence-electron chi connectivity index (χ4n) is 2.67. The van der Waals surface area contributed by atoms with Crippen LogP contribution in [0.25, 0.3) is 0 Å². The van der Waals surface area contributed by atoms with E-state index in [-0.39, 0.29) is 11.9 Å². The summed E-state index contributed by atoms with van der Waals surface area (Å²) < 4.78 is 17.3. The van der Waals surface area contributed by atoms with Crippen molar-refractivity contribution in [2.24, 2.45) is 0 Å². The van der Waals surface area contributed by atoms with E-state index in [9.17, 15) is 4.79 Å². The van der Waals surface area contributed by atoms with Crippen LogP contribution in [0.4, 0.5) is 0 Å². The second-order valence-electron chi connectivity index (χ2n) is 6.63. The Morgan fingerprint density at radius 3 is 2.57 bits per heavy atom. The summed E-state index contributed by atoms with van der Waals surface area (Å²) in [6.07, 6.45) is 2.65. The normalized spacial score (nSPS) is 11.6. The molecule has 1 atom stereocenters. The monoisotopic (exact) mass is 447 g/mol. The third-order valence-corrected chi connectivity index (χ3v) is 5.18. The Hall–Kier alpha value is -2.77. The number of rotatable bonds is 9. The number of carbonyl (C=O) groups is 1. The molecule has 2 N–H and O–H groups in total. The van der Waals surface area contributed by atoms with Crippen LogP contribution >= 0.6 is 22.9 Å². The first-order valence-electron chi connectivity index (χ1n) is 9.61. The molecule has 1 heterocycles. The van der Waals surface area contributed by atoms with E-state index >= 15 is 0 Å². The minimum atomic E-state index is -0.0623. The molecular weight excluding hydrogens is 424 g/mol. The molecule has 0 fully saturated rings. The molecule has 2 aromatic carbocycles. The zero-order valence-electron chi connectivity index (χ0n) is 17.0. The van der Waals surface area contributed by atoms with Crippen LogP contribution in [-0.2, 0) is 4.79 Å². The van der Waals surface area contributed by atoms with Crippen LogP contribution in [0, 0.1) is 0 Å². The van der Waals surface area contributed by atoms with Gasteiger partial charge >= 0.3 is 5.19 Å². The summed E-state index contributed by atoms with van der Waals surface area (Å²) in [5.74, 6) is 1.87. The number of carbonyl (C=O) groups excluding carboxylic acids is 1. The van der Waals surface area contributed by atoms with E-state index in [1.807, 2.05) is 44.2 Å². The molecule has 0 aliphatic rings. The Labute approximate surface area is 184 Å². The quantitative estimate of drug-likeness (QED) is 0.451. The molecule has 158 valence electrons. The van der Waals surface area contributed by atoms with Crippen LogP contribution in [0.1, 0.15) is 38.8 Å². The molecule has 8 heteroatoms. The first-order valence-corrected chi connectivity index (χ1v) is 10.8. The van der Waals surface area contributed by atoms with Crippen LogP contribution in [0.3, 0.4) is 0 Å². The summed E-state index contributed by atoms with van der Waals surface area (Å²) in [6.45, 7) is 6.13. The summed E-state index contributed by atoms with van der Waals surface area (Å²) >= 11 is 7.62. The van der Waals surface area contributed by atoms with Gasteiger partial charge in [0, 0.05) is 24.3 Å². The molecule has 1 unspecified atom stereocenters. The fraction of sp³-hybridized carbons (Fsp3) is 0.273. The van der Waals surface area contributed by atoms with Crippen molar-refractivity contribution in [3.05, 3.63) is 59.2 Å². The number of ether oxygens (including phenoxy) is 3. The molecule has 0 bridgehead atoms. The molecule has 0 spiro atoms. The maximum atomic E-state index is 11.2. The van der Waals surface area contributed by atoms with E-state index in [2.05, 4.69) is 10.3 Å². The minimum Gasteiger partial charge on any atom is -0.494 e. The predicted octanol–water partition coefficient (Wildman–Crippen LogP) is 5.79. The maximum absolute atomic E-state index is 11.2. The molecule has 0 aliphatic heterocycles. The number of thiazole rings is 1. The second kappa shape index (κ2) is 10.3. The Morgan fingerprint density at radius 1 is 1.17 bits per heavy atom. The smallest absolute Gasteiger partial charge is 0.437 e. The zero-order valence-corrected chi connectivity index (χ0v) is 18.6. The lowest BCUT2D eigenvalue weighted by Crippen LogP contribution is -2.23. The summed E-state index contributed by atoms with van der Waals surface area (Å²) in [7, 11) is 0. The molecule has 0 saturated carbocycles. The van der Waals surface area contributed by atoms with Crippen LogP contribution in [-0.4, -0.2) is 12.5 Å². The summed E-state index contributed by atoms with van der Waals surface area (Å²) in [5, 5.41) is 4.52. The van der Waals surface area contributed by atoms with Gasteiger partial charge in [0.15, 0.2) is 5.75 Å². The second-order valence-corrected chi connectivity index (χ2v) is 8.02. The maximum Gasteiger partial charge on any atom is 0.437 e. The number of aromatic nitrogens is 1. The zero-order chi connectivity index (χ0) is 21.5. The number of amides is 1. The van der Waals surface area contributed by atoms with E-state index in [4.69, 9.17) is 25.8 Å². The van der Waals surface area contributed by atoms with E-state index in [0.717, 1.165) is 12.0 Å². The van der Waals surface area contributed by atoms with Crippen molar-refractivity contribution in [2.75, 3.05) is 6.61 Å². The highest BCUT2D eigenvalue weighted by Crippen LogP contribution is 2.36. The van der Waals surface area contributed by atoms with Gasteiger partial charge in [-0.3, -0.25) is 4.79 Å². The number of benzene rings is 2. The van der Waals surface area contributed by atoms with Gasteiger partial charge in [-0.1, -0.05) is 30.7 Å². The van der Waals surface area contributed by atoms with E-state index in [1.165, 1.54) is 18.3 Å². The number of aromatic amines is 1. The SMILES string of the molecule is CCCOc1ccc(Oc2[nH+]cc(Oc3ccc(C(C)NC(C)=O)cc3)s2)c(Cl)c1. The molecule has 1 aromatic heterocycles. The van der Waals surface area contributed by atoms with Gasteiger partial charge in [-0.05, 0) is 43.2 Å². The molecule has 0 aliphatic carbocycles. The Balaban J connectivity index is 1.61. The minimum absolute atomic E-state index is 0.0601. The molecule has 30 heavy (non-hydrogen) atoms. The molecular formula is C22H24ClN2O4S+. The number of halogens is 1. The van der Waals surface area contributed by atoms with E-state index in [0.29, 0.717) is 39.1 Å². The van der Waals surface area contributed by atoms with Crippen molar-refractivity contribution in [3.8, 4) is 27.5 Å². The molecule has 3 rings (SSSR count). The highest BCUT2D eigenvalue weighted by Gasteiger charge is 2.15. The summed E-state index contributed by atoms with van der Waals surface area (Å²) in [6, 6.07) is 12.8. The van der Waals surface area contributed by atoms with Gasteiger partial charge in [-0.15, -0.1) is 0 Å². The Kier molecular flexibility index (Phi) is 7.54. The van der Waals surface area contributed by atoms with Crippen LogP contribution in [0.2, 0.25) is 5.02 Å². The Bertz CT molecular complexity index is 991. The van der Waals surface area contributed by atoms with Crippen molar-refractivity contribution in [1.29, 1.82) is 0 Å². The third-order valence-electron chi connectivity index (χ3n) is 4.10. The molecule has 3 aromatic rings. The molecule has 1 amide bonds. The third kappa shape index (κ3) is 6.11. The molecule has 0 saturated heterocycles. The van der Waals surface area contributed by atoms with Crippen molar-refractivity contribution < 1.29 is 24.0 Å². The van der Waals surface area contributed by atoms with Gasteiger partial charge in [0.05, 0.1) is 17.7 Å². The largest absolute Gasteiger partial charge is 0.494 e. The first kappa shape index (κ1) is 21.9. The van der Waals surface area contributed by atoms with Gasteiger partial charge in [-0.25, -0.2) is 0 Å². The van der Waals surface area contributed by atoms with Crippen LogP contribution in [0.15, 0.2) is 48.7 Å². The van der Waals surface area contributed by atoms with Crippen LogP contribution in [0.5, 0.6) is 27.5 Å². The van der Waals surface area contributed by atoms with Crippen LogP contribution < -0.4 is 24.5 Å². The molecule has 6 nitrogen and oxygen atoms in total. The average molecular weight is 448 g/mol. The average Bonchev–Trinajstić information content (AvgIpc) is 3.15. The predicted molar refractivity (Wildman–Crippen MR) is 117 cm³/mol. The van der Waals surface area contributed by atoms with E-state index < -0.39 is 0 Å². The van der Waals surface area contributed by atoms with Crippen molar-refractivity contribution >= 4 is 28.8 Å². The highest BCUT2D eigenvalue weighted by molar-refractivity contribution is 7.14. The highest BCUT2D eigenvalue weighted by atomic mass is 35.5. The Morgan fingerprint density at radius 2 is 1.90 bits per heavy atom. The van der Waals surface area contributed by atoms with Gasteiger partial charge in [-0.2, -0.15) is 4.98 Å². The van der Waals surface area contributed by atoms with Crippen molar-refractivity contribution in [1.82, 2.24) is 5.32 Å². The lowest BCUT2D eigenvalue weighted by Gasteiger charge is -2.13. The molecule has 0 radical (unpaired) electrons. The topological polar surface area (TPSA) is 70.9 Å². The summed E-state index contributed by atoms with van der Waals surface area (Å²) in [4.78, 5) is 14.2. The number of hydrogen-bond acceptors (Lipinski definition) is 5. The number of H-pyrrole nitrogens is 1. The van der Waals surface area contributed by atoms with Gasteiger partial charge < -0.3 is 19.5 Å². The van der Waals surface area contributed by atoms with E-state index in [1.54, 1.807) is 18.3 Å². The number of nitrogens with one attached hydrogen (secondary N) is 2. The van der Waals surface area contributed by atoms with Gasteiger partial charge in [0.1, 0.15) is 11.5 Å². The van der Waals surface area contributed by atoms with Crippen molar-refractivity contribution in [2.45, 2.75) is 33.2 Å². The van der Waals surface area contributed by atoms with Gasteiger partial charge in [0.2, 0.25) is 12.1 Å². The lowest BCUT2D eigenvalue weighted by atomic mass is 10.1. The van der Waals surface area contributed by atoms with Crippen molar-refractivity contribution in [3.63, 3.8) is 0 Å². The standard InChI is InChI=1S/C22H23ClN2O4S/c1-4-11-27-18-9-10-20(19(23)12-18)29-22-24-13-21(30-22)28-17-7-5-16(6-8-17)14(2)25-15(3)26/h5-10,12-14H,4,11H2,1-3H3,(H,25,26)/p+1.